The molecule has 2 aromatic rings. The van der Waals surface area contributed by atoms with Gasteiger partial charge in [-0.25, -0.2) is 8.42 Å². The lowest BCUT2D eigenvalue weighted by Gasteiger charge is -2.23. The summed E-state index contributed by atoms with van der Waals surface area (Å²) >= 11 is 1.18. The van der Waals surface area contributed by atoms with E-state index in [0.29, 0.717) is 19.6 Å². The van der Waals surface area contributed by atoms with E-state index in [9.17, 15) is 13.2 Å². The third kappa shape index (κ3) is 5.87. The minimum absolute atomic E-state index is 0.146. The number of nitrogens with one attached hydrogen (secondary N) is 1. The Morgan fingerprint density at radius 1 is 1.23 bits per heavy atom. The number of sulfonamides is 1. The molecule has 2 heterocycles. The summed E-state index contributed by atoms with van der Waals surface area (Å²) in [4.78, 5) is 17.8. The molecule has 0 saturated heterocycles. The zero-order valence-corrected chi connectivity index (χ0v) is 16.8. The summed E-state index contributed by atoms with van der Waals surface area (Å²) in [5.74, 6) is -0.146. The second-order valence-electron chi connectivity index (χ2n) is 6.13. The summed E-state index contributed by atoms with van der Waals surface area (Å²) in [6.07, 6.45) is 3.34. The van der Waals surface area contributed by atoms with E-state index in [4.69, 9.17) is 0 Å². The molecule has 0 spiro atoms. The van der Waals surface area contributed by atoms with Crippen molar-refractivity contribution in [1.82, 2.24) is 19.5 Å². The van der Waals surface area contributed by atoms with Crippen LogP contribution in [-0.4, -0.2) is 55.7 Å². The first-order valence-corrected chi connectivity index (χ1v) is 10.4. The number of carbonyl (C=O) groups is 1. The molecule has 142 valence electrons. The fourth-order valence-electron chi connectivity index (χ4n) is 2.22. The maximum absolute atomic E-state index is 13.1. The largest absolute Gasteiger partial charge is 0.351 e. The molecule has 26 heavy (non-hydrogen) atoms. The molecule has 1 N–H and O–H groups in total. The average molecular weight is 397 g/mol. The minimum Gasteiger partial charge on any atom is -0.351 e. The lowest BCUT2D eigenvalue weighted by atomic mass is 10.3. The second kappa shape index (κ2) is 9.22. The van der Waals surface area contributed by atoms with E-state index in [1.807, 2.05) is 25.1 Å². The summed E-state index contributed by atoms with van der Waals surface area (Å²) in [7, 11) is 0.189. The maximum Gasteiger partial charge on any atom is 0.252 e. The Bertz CT molecular complexity index is 820. The second-order valence-corrected chi connectivity index (χ2v) is 9.47. The van der Waals surface area contributed by atoms with Gasteiger partial charge >= 0.3 is 0 Å². The average Bonchev–Trinajstić information content (AvgIpc) is 3.07. The van der Waals surface area contributed by atoms with E-state index in [1.54, 1.807) is 30.6 Å². The molecule has 0 atom stereocenters. The molecule has 0 fully saturated rings. The van der Waals surface area contributed by atoms with Gasteiger partial charge in [0.15, 0.2) is 0 Å². The molecular weight excluding hydrogens is 372 g/mol. The first-order valence-electron chi connectivity index (χ1n) is 8.16. The first kappa shape index (κ1) is 20.5. The summed E-state index contributed by atoms with van der Waals surface area (Å²) < 4.78 is 28.0. The maximum atomic E-state index is 13.1. The van der Waals surface area contributed by atoms with Crippen LogP contribution >= 0.6 is 11.3 Å². The molecule has 0 bridgehead atoms. The number of nitrogens with zero attached hydrogens (tertiary/aromatic N) is 3. The number of hydrogen-bond acceptors (Lipinski definition) is 6. The molecule has 0 radical (unpaired) electrons. The summed E-state index contributed by atoms with van der Waals surface area (Å²) in [6.45, 7) is 3.02. The predicted molar refractivity (Wildman–Crippen MR) is 102 cm³/mol. The first-order chi connectivity index (χ1) is 12.3. The zero-order valence-electron chi connectivity index (χ0n) is 15.2. The highest BCUT2D eigenvalue weighted by molar-refractivity contribution is 7.91. The third-order valence-electron chi connectivity index (χ3n) is 3.62. The van der Waals surface area contributed by atoms with Gasteiger partial charge in [-0.15, -0.1) is 11.3 Å². The van der Waals surface area contributed by atoms with Gasteiger partial charge in [-0.1, -0.05) is 6.07 Å². The summed E-state index contributed by atoms with van der Waals surface area (Å²) in [6, 6.07) is 7.00. The van der Waals surface area contributed by atoms with Crippen LogP contribution < -0.4 is 5.32 Å². The monoisotopic (exact) mass is 396 g/mol. The predicted octanol–water partition coefficient (Wildman–Crippen LogP) is 1.53. The van der Waals surface area contributed by atoms with Crippen LogP contribution in [0.25, 0.3) is 0 Å². The third-order valence-corrected chi connectivity index (χ3v) is 7.02. The molecule has 0 saturated carbocycles. The molecule has 0 aliphatic carbocycles. The van der Waals surface area contributed by atoms with Gasteiger partial charge in [-0.3, -0.25) is 9.78 Å². The van der Waals surface area contributed by atoms with Gasteiger partial charge in [0.05, 0.1) is 6.54 Å². The van der Waals surface area contributed by atoms with Crippen molar-refractivity contribution in [2.24, 2.45) is 0 Å². The quantitative estimate of drug-likeness (QED) is 0.695. The van der Waals surface area contributed by atoms with Crippen molar-refractivity contribution >= 4 is 27.3 Å². The molecule has 0 aliphatic rings. The number of hydrogen-bond donors (Lipinski definition) is 1. The lowest BCUT2D eigenvalue weighted by Crippen LogP contribution is -2.36. The van der Waals surface area contributed by atoms with E-state index < -0.39 is 10.0 Å². The Labute approximate surface area is 158 Å². The number of pyridine rings is 1. The minimum atomic E-state index is -3.63. The van der Waals surface area contributed by atoms with Crippen LogP contribution in [0.1, 0.15) is 17.4 Å². The van der Waals surface area contributed by atoms with Crippen LogP contribution in [-0.2, 0) is 27.9 Å². The van der Waals surface area contributed by atoms with Gasteiger partial charge in [-0.05, 0) is 37.9 Å². The highest BCUT2D eigenvalue weighted by Crippen LogP contribution is 2.26. The highest BCUT2D eigenvalue weighted by Gasteiger charge is 2.26. The van der Waals surface area contributed by atoms with Crippen molar-refractivity contribution < 1.29 is 13.2 Å². The molecule has 2 aromatic heterocycles. The number of likely N-dealkylation sites (N-methyl/N-ethyl adjacent to an activating group) is 1. The van der Waals surface area contributed by atoms with E-state index in [0.717, 1.165) is 10.4 Å². The number of thiophene rings is 1. The summed E-state index contributed by atoms with van der Waals surface area (Å²) in [5.41, 5.74) is 0.838. The zero-order chi connectivity index (χ0) is 19.2. The molecule has 0 unspecified atom stereocenters. The van der Waals surface area contributed by atoms with Crippen molar-refractivity contribution in [2.75, 3.05) is 27.2 Å². The van der Waals surface area contributed by atoms with Gasteiger partial charge < -0.3 is 10.2 Å². The lowest BCUT2D eigenvalue weighted by molar-refractivity contribution is -0.119. The number of rotatable bonds is 9. The molecule has 1 amide bonds. The van der Waals surface area contributed by atoms with E-state index in [2.05, 4.69) is 10.3 Å². The fraction of sp³-hybridized carbons (Fsp3) is 0.412. The Hall–Kier alpha value is -1.81. The van der Waals surface area contributed by atoms with Crippen LogP contribution in [0.2, 0.25) is 0 Å². The number of amides is 1. The van der Waals surface area contributed by atoms with Crippen LogP contribution in [0.3, 0.4) is 0 Å². The topological polar surface area (TPSA) is 82.6 Å². The summed E-state index contributed by atoms with van der Waals surface area (Å²) in [5, 5.41) is 2.68. The van der Waals surface area contributed by atoms with Crippen molar-refractivity contribution in [1.29, 1.82) is 0 Å². The van der Waals surface area contributed by atoms with Gasteiger partial charge in [0.25, 0.3) is 10.0 Å². The van der Waals surface area contributed by atoms with Gasteiger partial charge in [0.2, 0.25) is 5.91 Å². The SMILES string of the molecule is CC(=O)NCc1ccc(S(=O)(=O)N(CCN(C)C)Cc2cccnc2)s1. The van der Waals surface area contributed by atoms with E-state index >= 15 is 0 Å². The Kier molecular flexibility index (Phi) is 7.27. The van der Waals surface area contributed by atoms with Crippen molar-refractivity contribution in [2.45, 2.75) is 24.2 Å². The fourth-order valence-corrected chi connectivity index (χ4v) is 5.09. The van der Waals surface area contributed by atoms with E-state index in [-0.39, 0.29) is 16.7 Å². The Morgan fingerprint density at radius 3 is 2.62 bits per heavy atom. The van der Waals surface area contributed by atoms with Gasteiger partial charge in [-0.2, -0.15) is 4.31 Å². The van der Waals surface area contributed by atoms with Gasteiger partial charge in [0, 0.05) is 43.8 Å². The Balaban J connectivity index is 2.22. The van der Waals surface area contributed by atoms with Crippen molar-refractivity contribution in [3.05, 3.63) is 47.1 Å². The molecule has 0 aromatic carbocycles. The smallest absolute Gasteiger partial charge is 0.252 e. The molecular formula is C17H24N4O3S2. The molecule has 9 heteroatoms. The van der Waals surface area contributed by atoms with Crippen LogP contribution in [0.4, 0.5) is 0 Å². The number of carbonyl (C=O) groups excluding carboxylic acids is 1. The normalized spacial score (nSPS) is 11.9. The Morgan fingerprint density at radius 2 is 2.00 bits per heavy atom. The van der Waals surface area contributed by atoms with Crippen LogP contribution in [0.5, 0.6) is 0 Å². The van der Waals surface area contributed by atoms with Gasteiger partial charge in [0.1, 0.15) is 4.21 Å². The van der Waals surface area contributed by atoms with Crippen molar-refractivity contribution in [3.8, 4) is 0 Å². The van der Waals surface area contributed by atoms with Crippen LogP contribution in [0, 0.1) is 0 Å². The van der Waals surface area contributed by atoms with Crippen LogP contribution in [0.15, 0.2) is 40.9 Å². The molecule has 2 rings (SSSR count). The standard InChI is InChI=1S/C17H24N4O3S2/c1-14(22)19-12-16-6-7-17(25-16)26(23,24)21(10-9-20(2)3)13-15-5-4-8-18-11-15/h4-8,11H,9-10,12-13H2,1-3H3,(H,19,22). The van der Waals surface area contributed by atoms with E-state index in [1.165, 1.54) is 22.6 Å². The highest BCUT2D eigenvalue weighted by atomic mass is 32.2. The molecule has 7 nitrogen and oxygen atoms in total. The van der Waals surface area contributed by atoms with Crippen molar-refractivity contribution in [3.63, 3.8) is 0 Å². The molecule has 0 aliphatic heterocycles. The number of aromatic nitrogens is 1.